The van der Waals surface area contributed by atoms with Crippen molar-refractivity contribution in [1.29, 1.82) is 5.26 Å². The van der Waals surface area contributed by atoms with Gasteiger partial charge in [-0.25, -0.2) is 4.79 Å². The summed E-state index contributed by atoms with van der Waals surface area (Å²) in [4.78, 5) is 27.9. The lowest BCUT2D eigenvalue weighted by Crippen LogP contribution is -2.46. The van der Waals surface area contributed by atoms with E-state index in [0.717, 1.165) is 43.0 Å². The fourth-order valence-corrected chi connectivity index (χ4v) is 3.65. The fourth-order valence-electron chi connectivity index (χ4n) is 3.65. The smallest absolute Gasteiger partial charge is 0.330 e. The van der Waals surface area contributed by atoms with Crippen LogP contribution >= 0.6 is 0 Å². The van der Waals surface area contributed by atoms with E-state index in [0.29, 0.717) is 24.3 Å². The van der Waals surface area contributed by atoms with Crippen molar-refractivity contribution in [1.82, 2.24) is 4.90 Å². The van der Waals surface area contributed by atoms with Crippen molar-refractivity contribution in [3.8, 4) is 6.07 Å². The molecular weight excluding hydrogens is 392 g/mol. The Morgan fingerprint density at radius 3 is 2.58 bits per heavy atom. The minimum atomic E-state index is -0.509. The van der Waals surface area contributed by atoms with Gasteiger partial charge in [0, 0.05) is 44.4 Å². The molecule has 1 heterocycles. The third-order valence-corrected chi connectivity index (χ3v) is 5.14. The van der Waals surface area contributed by atoms with Crippen molar-refractivity contribution < 1.29 is 14.3 Å². The molecule has 2 aromatic carbocycles. The van der Waals surface area contributed by atoms with Gasteiger partial charge in [0.15, 0.2) is 0 Å². The summed E-state index contributed by atoms with van der Waals surface area (Å²) in [7, 11) is 0. The van der Waals surface area contributed by atoms with Crippen molar-refractivity contribution >= 4 is 23.6 Å². The van der Waals surface area contributed by atoms with Crippen LogP contribution in [0.4, 0.5) is 5.69 Å². The van der Waals surface area contributed by atoms with E-state index in [2.05, 4.69) is 15.9 Å². The number of hydrogen-bond donors (Lipinski definition) is 1. The lowest BCUT2D eigenvalue weighted by Gasteiger charge is -2.36. The molecule has 0 aromatic heterocycles. The number of rotatable bonds is 7. The largest absolute Gasteiger partial charge is 0.463 e. The standard InChI is InChI=1S/C24H26N4O3/c1-2-31-23(29)8-7-18-13-19(15-21(14-18)24(26)30)17-27-9-11-28(12-10-27)22-6-4-3-5-20(22)16-25/h3-8,13-15H,2,9-12,17H2,1H3,(H2,26,30)/b8-7+. The Balaban J connectivity index is 1.69. The van der Waals surface area contributed by atoms with Gasteiger partial charge in [0.2, 0.25) is 5.91 Å². The summed E-state index contributed by atoms with van der Waals surface area (Å²) < 4.78 is 4.91. The van der Waals surface area contributed by atoms with Gasteiger partial charge in [0.1, 0.15) is 6.07 Å². The second-order valence-corrected chi connectivity index (χ2v) is 7.31. The van der Waals surface area contributed by atoms with Crippen LogP contribution in [0.25, 0.3) is 6.08 Å². The molecule has 1 amide bonds. The molecule has 0 unspecified atom stereocenters. The second-order valence-electron chi connectivity index (χ2n) is 7.31. The first-order valence-corrected chi connectivity index (χ1v) is 10.2. The molecule has 1 fully saturated rings. The number of para-hydroxylation sites is 1. The van der Waals surface area contributed by atoms with E-state index in [4.69, 9.17) is 10.5 Å². The molecule has 1 aliphatic heterocycles. The topological polar surface area (TPSA) is 99.7 Å². The molecule has 0 radical (unpaired) electrons. The zero-order valence-corrected chi connectivity index (χ0v) is 17.6. The van der Waals surface area contributed by atoms with Gasteiger partial charge in [-0.15, -0.1) is 0 Å². The summed E-state index contributed by atoms with van der Waals surface area (Å²) in [5, 5.41) is 9.34. The summed E-state index contributed by atoms with van der Waals surface area (Å²) >= 11 is 0. The maximum absolute atomic E-state index is 11.8. The summed E-state index contributed by atoms with van der Waals surface area (Å²) in [6, 6.07) is 15.3. The molecule has 3 rings (SSSR count). The molecule has 160 valence electrons. The van der Waals surface area contributed by atoms with E-state index in [-0.39, 0.29) is 0 Å². The van der Waals surface area contributed by atoms with Gasteiger partial charge in [0.25, 0.3) is 0 Å². The van der Waals surface area contributed by atoms with Gasteiger partial charge in [-0.2, -0.15) is 5.26 Å². The van der Waals surface area contributed by atoms with Crippen molar-refractivity contribution in [3.05, 3.63) is 70.8 Å². The van der Waals surface area contributed by atoms with Crippen LogP contribution in [0.3, 0.4) is 0 Å². The maximum Gasteiger partial charge on any atom is 0.330 e. The van der Waals surface area contributed by atoms with Crippen LogP contribution < -0.4 is 10.6 Å². The molecule has 0 aliphatic carbocycles. The lowest BCUT2D eigenvalue weighted by molar-refractivity contribution is -0.137. The van der Waals surface area contributed by atoms with E-state index < -0.39 is 11.9 Å². The second kappa shape index (κ2) is 10.4. The molecule has 0 saturated carbocycles. The first-order valence-electron chi connectivity index (χ1n) is 10.2. The minimum Gasteiger partial charge on any atom is -0.463 e. The van der Waals surface area contributed by atoms with Crippen LogP contribution in [-0.4, -0.2) is 49.6 Å². The molecule has 0 spiro atoms. The maximum atomic E-state index is 11.8. The normalized spacial score (nSPS) is 14.4. The third kappa shape index (κ3) is 5.93. The molecule has 2 aromatic rings. The molecule has 1 saturated heterocycles. The average Bonchev–Trinajstić information content (AvgIpc) is 2.78. The highest BCUT2D eigenvalue weighted by Gasteiger charge is 2.19. The molecule has 7 nitrogen and oxygen atoms in total. The van der Waals surface area contributed by atoms with E-state index in [9.17, 15) is 14.9 Å². The third-order valence-electron chi connectivity index (χ3n) is 5.14. The van der Waals surface area contributed by atoms with Crippen LogP contribution in [0.5, 0.6) is 0 Å². The minimum absolute atomic E-state index is 0.306. The van der Waals surface area contributed by atoms with Gasteiger partial charge < -0.3 is 15.4 Å². The molecule has 0 bridgehead atoms. The molecule has 7 heteroatoms. The first kappa shape index (κ1) is 22.1. The Morgan fingerprint density at radius 2 is 1.90 bits per heavy atom. The fraction of sp³-hybridized carbons (Fsp3) is 0.292. The molecule has 31 heavy (non-hydrogen) atoms. The highest BCUT2D eigenvalue weighted by atomic mass is 16.5. The Morgan fingerprint density at radius 1 is 1.16 bits per heavy atom. The van der Waals surface area contributed by atoms with Gasteiger partial charge in [-0.1, -0.05) is 18.2 Å². The average molecular weight is 418 g/mol. The highest BCUT2D eigenvalue weighted by molar-refractivity contribution is 5.94. The summed E-state index contributed by atoms with van der Waals surface area (Å²) in [6.45, 7) is 5.99. The first-order chi connectivity index (χ1) is 15.0. The number of benzene rings is 2. The number of carbonyl (C=O) groups excluding carboxylic acids is 2. The Hall–Kier alpha value is -3.63. The quantitative estimate of drug-likeness (QED) is 0.548. The number of piperazine rings is 1. The zero-order valence-electron chi connectivity index (χ0n) is 17.6. The van der Waals surface area contributed by atoms with E-state index in [1.807, 2.05) is 30.3 Å². The number of nitrogens with two attached hydrogens (primary N) is 1. The molecule has 0 atom stereocenters. The van der Waals surface area contributed by atoms with Crippen molar-refractivity contribution in [2.75, 3.05) is 37.7 Å². The predicted octanol–water partition coefficient (Wildman–Crippen LogP) is 2.56. The number of esters is 1. The van der Waals surface area contributed by atoms with Crippen LogP contribution in [-0.2, 0) is 16.1 Å². The SMILES string of the molecule is CCOC(=O)/C=C/c1cc(CN2CCN(c3ccccc3C#N)CC2)cc(C(N)=O)c1. The van der Waals surface area contributed by atoms with Crippen LogP contribution in [0.2, 0.25) is 0 Å². The number of anilines is 1. The van der Waals surface area contributed by atoms with Gasteiger partial charge in [0.05, 0.1) is 17.9 Å². The van der Waals surface area contributed by atoms with Crippen molar-refractivity contribution in [3.63, 3.8) is 0 Å². The number of amides is 1. The van der Waals surface area contributed by atoms with Crippen LogP contribution in [0, 0.1) is 11.3 Å². The van der Waals surface area contributed by atoms with Crippen molar-refractivity contribution in [2.24, 2.45) is 5.73 Å². The molecular formula is C24H26N4O3. The van der Waals surface area contributed by atoms with Crippen molar-refractivity contribution in [2.45, 2.75) is 13.5 Å². The number of nitrogens with zero attached hydrogens (tertiary/aromatic N) is 3. The summed E-state index contributed by atoms with van der Waals surface area (Å²) in [6.07, 6.45) is 2.98. The number of nitriles is 1. The molecule has 1 aliphatic rings. The van der Waals surface area contributed by atoms with Gasteiger partial charge >= 0.3 is 5.97 Å². The van der Waals surface area contributed by atoms with Crippen LogP contribution in [0.1, 0.15) is 34.0 Å². The van der Waals surface area contributed by atoms with Gasteiger partial charge in [-0.05, 0) is 48.4 Å². The zero-order chi connectivity index (χ0) is 22.2. The number of hydrogen-bond acceptors (Lipinski definition) is 6. The summed E-state index contributed by atoms with van der Waals surface area (Å²) in [5.41, 5.74) is 9.22. The Labute approximate surface area is 182 Å². The summed E-state index contributed by atoms with van der Waals surface area (Å²) in [5.74, 6) is -0.937. The van der Waals surface area contributed by atoms with E-state index >= 15 is 0 Å². The van der Waals surface area contributed by atoms with E-state index in [1.54, 1.807) is 25.1 Å². The number of carbonyl (C=O) groups is 2. The highest BCUT2D eigenvalue weighted by Crippen LogP contribution is 2.22. The van der Waals surface area contributed by atoms with E-state index in [1.165, 1.54) is 6.08 Å². The molecule has 2 N–H and O–H groups in total. The monoisotopic (exact) mass is 418 g/mol. The van der Waals surface area contributed by atoms with Crippen LogP contribution in [0.15, 0.2) is 48.5 Å². The lowest BCUT2D eigenvalue weighted by atomic mass is 10.0. The predicted molar refractivity (Wildman–Crippen MR) is 119 cm³/mol. The number of ether oxygens (including phenoxy) is 1. The Kier molecular flexibility index (Phi) is 7.41. The van der Waals surface area contributed by atoms with Gasteiger partial charge in [-0.3, -0.25) is 9.69 Å². The number of primary amides is 1. The Bertz CT molecular complexity index is 1020.